The Balaban J connectivity index is 2.38. The smallest absolute Gasteiger partial charge is 0.328 e. The minimum Gasteiger partial charge on any atom is -0.478 e. The number of aliphatic carboxylic acids is 1. The fourth-order valence-electron chi connectivity index (χ4n) is 1.86. The lowest BCUT2D eigenvalue weighted by Gasteiger charge is -2.01. The summed E-state index contributed by atoms with van der Waals surface area (Å²) in [5.41, 5.74) is 1.81. The predicted octanol–water partition coefficient (Wildman–Crippen LogP) is 3.88. The van der Waals surface area contributed by atoms with Crippen LogP contribution in [0.2, 0.25) is 0 Å². The summed E-state index contributed by atoms with van der Waals surface area (Å²) in [7, 11) is 0. The van der Waals surface area contributed by atoms with Crippen LogP contribution in [0.5, 0.6) is 0 Å². The van der Waals surface area contributed by atoms with Crippen molar-refractivity contribution in [2.45, 2.75) is 6.92 Å². The van der Waals surface area contributed by atoms with Crippen molar-refractivity contribution >= 4 is 22.8 Å². The molecule has 2 heteroatoms. The Kier molecular flexibility index (Phi) is 3.58. The maximum atomic E-state index is 10.5. The molecule has 0 heterocycles. The second-order valence-electron chi connectivity index (χ2n) is 4.13. The molecule has 0 bridgehead atoms. The number of hydrogen-bond acceptors (Lipinski definition) is 1. The molecule has 0 unspecified atom stereocenters. The highest BCUT2D eigenvalue weighted by atomic mass is 16.4. The van der Waals surface area contributed by atoms with Crippen molar-refractivity contribution in [3.8, 4) is 0 Å². The normalized spacial score (nSPS) is 12.2. The molecular weight excluding hydrogens is 224 g/mol. The molecule has 2 aromatic carbocycles. The SMILES string of the molecule is CC(=C/C(=O)O)/C=C/c1cccc2ccccc12. The van der Waals surface area contributed by atoms with Gasteiger partial charge in [-0.05, 0) is 28.8 Å². The first-order valence-corrected chi connectivity index (χ1v) is 5.74. The van der Waals surface area contributed by atoms with Crippen LogP contribution >= 0.6 is 0 Å². The first-order chi connectivity index (χ1) is 8.66. The van der Waals surface area contributed by atoms with E-state index in [9.17, 15) is 4.79 Å². The highest BCUT2D eigenvalue weighted by Gasteiger charge is 1.96. The summed E-state index contributed by atoms with van der Waals surface area (Å²) in [4.78, 5) is 10.5. The second-order valence-corrected chi connectivity index (χ2v) is 4.13. The van der Waals surface area contributed by atoms with Gasteiger partial charge in [-0.25, -0.2) is 4.79 Å². The summed E-state index contributed by atoms with van der Waals surface area (Å²) in [6.07, 6.45) is 4.95. The molecule has 0 aliphatic heterocycles. The van der Waals surface area contributed by atoms with E-state index in [0.717, 1.165) is 11.1 Å². The van der Waals surface area contributed by atoms with Gasteiger partial charge in [-0.1, -0.05) is 54.6 Å². The molecule has 0 amide bonds. The molecule has 0 aliphatic rings. The van der Waals surface area contributed by atoms with Crippen molar-refractivity contribution in [3.63, 3.8) is 0 Å². The van der Waals surface area contributed by atoms with Crippen molar-refractivity contribution < 1.29 is 9.90 Å². The van der Waals surface area contributed by atoms with Gasteiger partial charge in [-0.15, -0.1) is 0 Å². The minimum absolute atomic E-state index is 0.718. The van der Waals surface area contributed by atoms with Crippen LogP contribution < -0.4 is 0 Å². The van der Waals surface area contributed by atoms with Crippen LogP contribution in [0.1, 0.15) is 12.5 Å². The van der Waals surface area contributed by atoms with Crippen LogP contribution in [-0.2, 0) is 4.79 Å². The zero-order valence-electron chi connectivity index (χ0n) is 10.1. The van der Waals surface area contributed by atoms with Crippen LogP contribution in [0.3, 0.4) is 0 Å². The van der Waals surface area contributed by atoms with Crippen LogP contribution in [0, 0.1) is 0 Å². The topological polar surface area (TPSA) is 37.3 Å². The fourth-order valence-corrected chi connectivity index (χ4v) is 1.86. The molecule has 0 atom stereocenters. The number of hydrogen-bond donors (Lipinski definition) is 1. The Hall–Kier alpha value is -2.35. The number of rotatable bonds is 3. The van der Waals surface area contributed by atoms with Gasteiger partial charge < -0.3 is 5.11 Å². The average molecular weight is 238 g/mol. The third kappa shape index (κ3) is 2.86. The molecule has 1 N–H and O–H groups in total. The van der Waals surface area contributed by atoms with Gasteiger partial charge in [-0.2, -0.15) is 0 Å². The maximum absolute atomic E-state index is 10.5. The van der Waals surface area contributed by atoms with Gasteiger partial charge in [0.15, 0.2) is 0 Å². The lowest BCUT2D eigenvalue weighted by molar-refractivity contribution is -0.131. The molecule has 0 radical (unpaired) electrons. The van der Waals surface area contributed by atoms with Gasteiger partial charge in [0.2, 0.25) is 0 Å². The van der Waals surface area contributed by atoms with E-state index in [1.807, 2.05) is 36.4 Å². The van der Waals surface area contributed by atoms with Crippen LogP contribution in [0.15, 0.2) is 60.2 Å². The van der Waals surface area contributed by atoms with Crippen LogP contribution in [-0.4, -0.2) is 11.1 Å². The fraction of sp³-hybridized carbons (Fsp3) is 0.0625. The monoisotopic (exact) mass is 238 g/mol. The van der Waals surface area contributed by atoms with E-state index < -0.39 is 5.97 Å². The standard InChI is InChI=1S/C16H14O2/c1-12(11-16(17)18)9-10-14-7-4-6-13-5-2-3-8-15(13)14/h2-11H,1H3,(H,17,18)/b10-9+,12-11-. The van der Waals surface area contributed by atoms with E-state index in [1.165, 1.54) is 16.8 Å². The molecule has 0 saturated heterocycles. The highest BCUT2D eigenvalue weighted by Crippen LogP contribution is 2.20. The van der Waals surface area contributed by atoms with E-state index in [4.69, 9.17) is 5.11 Å². The first kappa shape index (κ1) is 12.1. The molecule has 0 spiro atoms. The van der Waals surface area contributed by atoms with Crippen molar-refractivity contribution in [2.75, 3.05) is 0 Å². The lowest BCUT2D eigenvalue weighted by Crippen LogP contribution is -1.87. The third-order valence-corrected chi connectivity index (χ3v) is 2.70. The Labute approximate surface area is 106 Å². The molecule has 2 nitrogen and oxygen atoms in total. The predicted molar refractivity (Wildman–Crippen MR) is 74.4 cm³/mol. The molecule has 0 saturated carbocycles. The third-order valence-electron chi connectivity index (χ3n) is 2.70. The molecule has 2 aromatic rings. The minimum atomic E-state index is -0.921. The molecule has 0 aromatic heterocycles. The van der Waals surface area contributed by atoms with E-state index in [0.29, 0.717) is 0 Å². The lowest BCUT2D eigenvalue weighted by atomic mass is 10.0. The summed E-state index contributed by atoms with van der Waals surface area (Å²) >= 11 is 0. The van der Waals surface area contributed by atoms with E-state index in [2.05, 4.69) is 18.2 Å². The Morgan fingerprint density at radius 2 is 1.83 bits per heavy atom. The molecule has 2 rings (SSSR count). The Morgan fingerprint density at radius 1 is 1.11 bits per heavy atom. The van der Waals surface area contributed by atoms with Crippen molar-refractivity contribution in [1.29, 1.82) is 0 Å². The van der Waals surface area contributed by atoms with Gasteiger partial charge in [0.1, 0.15) is 0 Å². The molecule has 0 aliphatic carbocycles. The van der Waals surface area contributed by atoms with Gasteiger partial charge >= 0.3 is 5.97 Å². The number of benzene rings is 2. The maximum Gasteiger partial charge on any atom is 0.328 e. The highest BCUT2D eigenvalue weighted by molar-refractivity contribution is 5.91. The number of carboxylic acids is 1. The molecule has 0 fully saturated rings. The summed E-state index contributed by atoms with van der Waals surface area (Å²) in [6, 6.07) is 14.2. The summed E-state index contributed by atoms with van der Waals surface area (Å²) in [5, 5.41) is 11.0. The first-order valence-electron chi connectivity index (χ1n) is 5.74. The van der Waals surface area contributed by atoms with E-state index >= 15 is 0 Å². The van der Waals surface area contributed by atoms with Gasteiger partial charge in [0.25, 0.3) is 0 Å². The van der Waals surface area contributed by atoms with Gasteiger partial charge in [-0.3, -0.25) is 0 Å². The average Bonchev–Trinajstić information content (AvgIpc) is 2.35. The summed E-state index contributed by atoms with van der Waals surface area (Å²) in [5.74, 6) is -0.921. The van der Waals surface area contributed by atoms with E-state index in [1.54, 1.807) is 6.92 Å². The molecule has 90 valence electrons. The number of carboxylic acid groups (broad SMARTS) is 1. The summed E-state index contributed by atoms with van der Waals surface area (Å²) < 4.78 is 0. The second kappa shape index (κ2) is 5.32. The van der Waals surface area contributed by atoms with Crippen molar-refractivity contribution in [3.05, 3.63) is 65.8 Å². The zero-order valence-corrected chi connectivity index (χ0v) is 10.1. The summed E-state index contributed by atoms with van der Waals surface area (Å²) in [6.45, 7) is 1.77. The molecular formula is C16H14O2. The Bertz CT molecular complexity index is 631. The van der Waals surface area contributed by atoms with E-state index in [-0.39, 0.29) is 0 Å². The number of carbonyl (C=O) groups is 1. The Morgan fingerprint density at radius 3 is 2.61 bits per heavy atom. The quantitative estimate of drug-likeness (QED) is 0.650. The molecule has 18 heavy (non-hydrogen) atoms. The van der Waals surface area contributed by atoms with Gasteiger partial charge in [0.05, 0.1) is 0 Å². The number of allylic oxidation sites excluding steroid dienone is 2. The van der Waals surface area contributed by atoms with Crippen molar-refractivity contribution in [2.24, 2.45) is 0 Å². The number of fused-ring (bicyclic) bond motifs is 1. The van der Waals surface area contributed by atoms with Crippen LogP contribution in [0.25, 0.3) is 16.8 Å². The zero-order chi connectivity index (χ0) is 13.0. The van der Waals surface area contributed by atoms with Crippen LogP contribution in [0.4, 0.5) is 0 Å². The largest absolute Gasteiger partial charge is 0.478 e. The van der Waals surface area contributed by atoms with Crippen molar-refractivity contribution in [1.82, 2.24) is 0 Å². The van der Waals surface area contributed by atoms with Gasteiger partial charge in [0, 0.05) is 6.08 Å².